The highest BCUT2D eigenvalue weighted by Crippen LogP contribution is 2.14. The molecule has 1 unspecified atom stereocenters. The predicted octanol–water partition coefficient (Wildman–Crippen LogP) is 1.86. The molecule has 1 rings (SSSR count). The van der Waals surface area contributed by atoms with Gasteiger partial charge in [0.1, 0.15) is 0 Å². The lowest BCUT2D eigenvalue weighted by atomic mass is 10.3. The Balaban J connectivity index is 2.25. The average molecular weight is 273 g/mol. The molecule has 6 heteroatoms. The van der Waals surface area contributed by atoms with E-state index in [1.807, 2.05) is 0 Å². The van der Waals surface area contributed by atoms with Crippen molar-refractivity contribution in [2.75, 3.05) is 25.6 Å². The van der Waals surface area contributed by atoms with Crippen molar-refractivity contribution in [3.05, 3.63) is 29.3 Å². The number of urea groups is 1. The quantitative estimate of drug-likeness (QED) is 0.740. The number of carbonyl (C=O) groups is 1. The molecule has 1 aromatic carbocycles. The van der Waals surface area contributed by atoms with E-state index in [0.29, 0.717) is 23.7 Å². The molecule has 5 nitrogen and oxygen atoms in total. The molecule has 1 atom stereocenters. The van der Waals surface area contributed by atoms with Gasteiger partial charge in [0.15, 0.2) is 0 Å². The number of aliphatic hydroxyl groups is 1. The van der Waals surface area contributed by atoms with E-state index in [4.69, 9.17) is 16.3 Å². The number of ether oxygens (including phenoxy) is 1. The Morgan fingerprint density at radius 1 is 1.56 bits per heavy atom. The van der Waals surface area contributed by atoms with Gasteiger partial charge < -0.3 is 20.5 Å². The number of aliphatic hydroxyl groups excluding tert-OH is 1. The number of amides is 2. The molecule has 18 heavy (non-hydrogen) atoms. The van der Waals surface area contributed by atoms with Gasteiger partial charge in [-0.05, 0) is 24.6 Å². The van der Waals surface area contributed by atoms with E-state index < -0.39 is 6.10 Å². The number of benzene rings is 1. The molecule has 2 amide bonds. The maximum absolute atomic E-state index is 11.5. The van der Waals surface area contributed by atoms with E-state index >= 15 is 0 Å². The number of anilines is 1. The number of methoxy groups -OCH3 is 1. The first-order chi connectivity index (χ1) is 8.61. The van der Waals surface area contributed by atoms with Crippen molar-refractivity contribution in [2.45, 2.75) is 12.5 Å². The summed E-state index contributed by atoms with van der Waals surface area (Å²) in [5, 5.41) is 15.2. The van der Waals surface area contributed by atoms with Crippen LogP contribution in [0.15, 0.2) is 24.3 Å². The lowest BCUT2D eigenvalue weighted by molar-refractivity contribution is 0.0599. The van der Waals surface area contributed by atoms with Crippen molar-refractivity contribution in [2.24, 2.45) is 0 Å². The molecule has 0 bridgehead atoms. The van der Waals surface area contributed by atoms with E-state index in [-0.39, 0.29) is 12.6 Å². The summed E-state index contributed by atoms with van der Waals surface area (Å²) < 4.78 is 4.78. The van der Waals surface area contributed by atoms with Crippen molar-refractivity contribution >= 4 is 23.3 Å². The van der Waals surface area contributed by atoms with Crippen LogP contribution < -0.4 is 10.6 Å². The highest BCUT2D eigenvalue weighted by molar-refractivity contribution is 6.30. The van der Waals surface area contributed by atoms with Crippen LogP contribution in [0.25, 0.3) is 0 Å². The molecule has 0 saturated carbocycles. The SMILES string of the molecule is COCC(O)CCNC(=O)Nc1cccc(Cl)c1. The summed E-state index contributed by atoms with van der Waals surface area (Å²) in [4.78, 5) is 11.5. The molecule has 0 radical (unpaired) electrons. The van der Waals surface area contributed by atoms with Crippen molar-refractivity contribution in [3.63, 3.8) is 0 Å². The summed E-state index contributed by atoms with van der Waals surface area (Å²) in [5.74, 6) is 0. The molecule has 100 valence electrons. The van der Waals surface area contributed by atoms with Gasteiger partial charge in [0.2, 0.25) is 0 Å². The Morgan fingerprint density at radius 2 is 2.33 bits per heavy atom. The van der Waals surface area contributed by atoms with Gasteiger partial charge >= 0.3 is 6.03 Å². The molecule has 0 aliphatic rings. The Hall–Kier alpha value is -1.30. The third-order valence-corrected chi connectivity index (χ3v) is 2.44. The summed E-state index contributed by atoms with van der Waals surface area (Å²) in [5.41, 5.74) is 0.623. The molecule has 0 aliphatic heterocycles. The standard InChI is InChI=1S/C12H17ClN2O3/c1-18-8-11(16)5-6-14-12(17)15-10-4-2-3-9(13)7-10/h2-4,7,11,16H,5-6,8H2,1H3,(H2,14,15,17). The maximum Gasteiger partial charge on any atom is 0.319 e. The van der Waals surface area contributed by atoms with Gasteiger partial charge in [-0.3, -0.25) is 0 Å². The molecular weight excluding hydrogens is 256 g/mol. The van der Waals surface area contributed by atoms with Crippen LogP contribution in [0.3, 0.4) is 0 Å². The van der Waals surface area contributed by atoms with Crippen molar-refractivity contribution < 1.29 is 14.6 Å². The minimum atomic E-state index is -0.568. The van der Waals surface area contributed by atoms with Crippen LogP contribution in [0, 0.1) is 0 Å². The molecule has 0 aliphatic carbocycles. The third kappa shape index (κ3) is 5.86. The smallest absolute Gasteiger partial charge is 0.319 e. The van der Waals surface area contributed by atoms with Crippen molar-refractivity contribution in [1.82, 2.24) is 5.32 Å². The van der Waals surface area contributed by atoms with Crippen LogP contribution in [-0.2, 0) is 4.74 Å². The number of nitrogens with one attached hydrogen (secondary N) is 2. The normalized spacial score (nSPS) is 11.9. The molecule has 0 spiro atoms. The first-order valence-corrected chi connectivity index (χ1v) is 5.97. The second kappa shape index (κ2) is 7.92. The summed E-state index contributed by atoms with van der Waals surface area (Å²) in [7, 11) is 1.52. The van der Waals surface area contributed by atoms with Gasteiger partial charge in [0.05, 0.1) is 12.7 Å². The van der Waals surface area contributed by atoms with E-state index in [1.165, 1.54) is 7.11 Å². The second-order valence-corrected chi connectivity index (χ2v) is 4.23. The van der Waals surface area contributed by atoms with Crippen LogP contribution in [0.5, 0.6) is 0 Å². The summed E-state index contributed by atoms with van der Waals surface area (Å²) in [6.45, 7) is 0.633. The first-order valence-electron chi connectivity index (χ1n) is 5.59. The number of hydrogen-bond acceptors (Lipinski definition) is 3. The Labute approximate surface area is 111 Å². The second-order valence-electron chi connectivity index (χ2n) is 3.79. The Morgan fingerprint density at radius 3 is 3.00 bits per heavy atom. The zero-order valence-corrected chi connectivity index (χ0v) is 10.9. The molecule has 0 saturated heterocycles. The number of rotatable bonds is 6. The van der Waals surface area contributed by atoms with Gasteiger partial charge in [-0.15, -0.1) is 0 Å². The van der Waals surface area contributed by atoms with Gasteiger partial charge in [-0.2, -0.15) is 0 Å². The summed E-state index contributed by atoms with van der Waals surface area (Å²) in [6.07, 6.45) is -0.127. The monoisotopic (exact) mass is 272 g/mol. The molecule has 3 N–H and O–H groups in total. The highest BCUT2D eigenvalue weighted by atomic mass is 35.5. The molecular formula is C12H17ClN2O3. The number of hydrogen-bond donors (Lipinski definition) is 3. The topological polar surface area (TPSA) is 70.6 Å². The first kappa shape index (κ1) is 14.8. The fourth-order valence-electron chi connectivity index (χ4n) is 1.37. The van der Waals surface area contributed by atoms with E-state index in [9.17, 15) is 9.90 Å². The maximum atomic E-state index is 11.5. The minimum absolute atomic E-state index is 0.262. The number of halogens is 1. The number of carbonyl (C=O) groups excluding carboxylic acids is 1. The van der Waals surface area contributed by atoms with E-state index in [1.54, 1.807) is 24.3 Å². The van der Waals surface area contributed by atoms with E-state index in [2.05, 4.69) is 10.6 Å². The van der Waals surface area contributed by atoms with Crippen molar-refractivity contribution in [3.8, 4) is 0 Å². The summed E-state index contributed by atoms with van der Waals surface area (Å²) in [6, 6.07) is 6.54. The zero-order valence-electron chi connectivity index (χ0n) is 10.1. The fraction of sp³-hybridized carbons (Fsp3) is 0.417. The fourth-order valence-corrected chi connectivity index (χ4v) is 1.56. The lowest BCUT2D eigenvalue weighted by Crippen LogP contribution is -2.32. The predicted molar refractivity (Wildman–Crippen MR) is 71.0 cm³/mol. The van der Waals surface area contributed by atoms with Crippen molar-refractivity contribution in [1.29, 1.82) is 0 Å². The minimum Gasteiger partial charge on any atom is -0.391 e. The Kier molecular flexibility index (Phi) is 6.49. The highest BCUT2D eigenvalue weighted by Gasteiger charge is 2.05. The molecule has 1 aromatic rings. The van der Waals surface area contributed by atoms with Gasteiger partial charge in [0, 0.05) is 24.4 Å². The van der Waals surface area contributed by atoms with Gasteiger partial charge in [-0.25, -0.2) is 4.79 Å². The summed E-state index contributed by atoms with van der Waals surface area (Å²) >= 11 is 5.79. The van der Waals surface area contributed by atoms with Gasteiger partial charge in [-0.1, -0.05) is 17.7 Å². The van der Waals surface area contributed by atoms with Gasteiger partial charge in [0.25, 0.3) is 0 Å². The van der Waals surface area contributed by atoms with Crippen LogP contribution in [0.1, 0.15) is 6.42 Å². The average Bonchev–Trinajstić information content (AvgIpc) is 2.29. The zero-order chi connectivity index (χ0) is 13.4. The molecule has 0 heterocycles. The lowest BCUT2D eigenvalue weighted by Gasteiger charge is -2.11. The largest absolute Gasteiger partial charge is 0.391 e. The van der Waals surface area contributed by atoms with Crippen LogP contribution in [0.4, 0.5) is 10.5 Å². The molecule has 0 aromatic heterocycles. The van der Waals surface area contributed by atoms with Crippen LogP contribution in [0.2, 0.25) is 5.02 Å². The van der Waals surface area contributed by atoms with E-state index in [0.717, 1.165) is 0 Å². The van der Waals surface area contributed by atoms with Crippen LogP contribution >= 0.6 is 11.6 Å². The third-order valence-electron chi connectivity index (χ3n) is 2.20. The Bertz CT molecular complexity index is 387. The molecule has 0 fully saturated rings. The van der Waals surface area contributed by atoms with Crippen LogP contribution in [-0.4, -0.2) is 37.5 Å².